The molecule has 0 bridgehead atoms. The van der Waals surface area contributed by atoms with Crippen molar-refractivity contribution in [3.63, 3.8) is 0 Å². The molecule has 0 saturated carbocycles. The van der Waals surface area contributed by atoms with Gasteiger partial charge in [0.05, 0.1) is 12.8 Å². The molecule has 3 rings (SSSR count). The number of anilines is 1. The molecule has 2 N–H and O–H groups in total. The number of ether oxygens (including phenoxy) is 1. The van der Waals surface area contributed by atoms with Crippen molar-refractivity contribution in [3.05, 3.63) is 95.1 Å². The standard InChI is InChI=1S/C24H23N3O3/c1-16-7-4-5-10-22(16)24(29)25-20-13-11-18(12-14-20)17(2)26-27-23(28)19-8-6-9-21(15-19)30-3/h4-15H,1-3H3,(H,25,29)(H,27,28)/b26-17+. The fourth-order valence-electron chi connectivity index (χ4n) is 2.85. The van der Waals surface area contributed by atoms with E-state index in [-0.39, 0.29) is 11.8 Å². The Morgan fingerprint density at radius 1 is 0.867 bits per heavy atom. The van der Waals surface area contributed by atoms with Crippen molar-refractivity contribution in [2.24, 2.45) is 5.10 Å². The molecule has 6 nitrogen and oxygen atoms in total. The lowest BCUT2D eigenvalue weighted by atomic mass is 10.1. The Hall–Kier alpha value is -3.93. The van der Waals surface area contributed by atoms with Crippen molar-refractivity contribution in [2.75, 3.05) is 12.4 Å². The summed E-state index contributed by atoms with van der Waals surface area (Å²) in [4.78, 5) is 24.7. The van der Waals surface area contributed by atoms with Crippen LogP contribution in [0.5, 0.6) is 5.75 Å². The third kappa shape index (κ3) is 5.11. The molecule has 0 spiro atoms. The molecule has 0 aliphatic heterocycles. The van der Waals surface area contributed by atoms with Crippen LogP contribution in [-0.2, 0) is 0 Å². The normalized spacial score (nSPS) is 11.0. The molecule has 0 heterocycles. The number of methoxy groups -OCH3 is 1. The van der Waals surface area contributed by atoms with Crippen molar-refractivity contribution < 1.29 is 14.3 Å². The number of nitrogens with one attached hydrogen (secondary N) is 2. The van der Waals surface area contributed by atoms with Gasteiger partial charge in [0.25, 0.3) is 11.8 Å². The molecule has 0 unspecified atom stereocenters. The van der Waals surface area contributed by atoms with Gasteiger partial charge in [0.15, 0.2) is 0 Å². The van der Waals surface area contributed by atoms with Crippen LogP contribution in [0.3, 0.4) is 0 Å². The maximum Gasteiger partial charge on any atom is 0.271 e. The number of aryl methyl sites for hydroxylation is 1. The average Bonchev–Trinajstić information content (AvgIpc) is 2.78. The van der Waals surface area contributed by atoms with Gasteiger partial charge in [-0.3, -0.25) is 9.59 Å². The Labute approximate surface area is 175 Å². The molecule has 0 aliphatic carbocycles. The summed E-state index contributed by atoms with van der Waals surface area (Å²) in [6.07, 6.45) is 0. The number of hydrogen-bond donors (Lipinski definition) is 2. The molecular formula is C24H23N3O3. The van der Waals surface area contributed by atoms with Gasteiger partial charge in [0.1, 0.15) is 5.75 Å². The Morgan fingerprint density at radius 3 is 2.30 bits per heavy atom. The minimum absolute atomic E-state index is 0.156. The van der Waals surface area contributed by atoms with Gasteiger partial charge in [-0.2, -0.15) is 5.10 Å². The number of nitrogens with zero attached hydrogens (tertiary/aromatic N) is 1. The van der Waals surface area contributed by atoms with E-state index in [0.717, 1.165) is 11.1 Å². The van der Waals surface area contributed by atoms with Gasteiger partial charge in [0, 0.05) is 16.8 Å². The third-order valence-electron chi connectivity index (χ3n) is 4.61. The number of benzene rings is 3. The summed E-state index contributed by atoms with van der Waals surface area (Å²) in [5.41, 5.74) is 6.71. The Morgan fingerprint density at radius 2 is 1.60 bits per heavy atom. The lowest BCUT2D eigenvalue weighted by Crippen LogP contribution is -2.19. The second-order valence-electron chi connectivity index (χ2n) is 6.72. The summed E-state index contributed by atoms with van der Waals surface area (Å²) >= 11 is 0. The second kappa shape index (κ2) is 9.52. The molecule has 0 radical (unpaired) electrons. The highest BCUT2D eigenvalue weighted by Crippen LogP contribution is 2.15. The molecule has 0 atom stereocenters. The topological polar surface area (TPSA) is 79.8 Å². The number of hydrazone groups is 1. The zero-order valence-corrected chi connectivity index (χ0v) is 17.1. The lowest BCUT2D eigenvalue weighted by molar-refractivity contribution is 0.0953. The van der Waals surface area contributed by atoms with Crippen molar-refractivity contribution in [1.29, 1.82) is 0 Å². The van der Waals surface area contributed by atoms with Gasteiger partial charge < -0.3 is 10.1 Å². The summed E-state index contributed by atoms with van der Waals surface area (Å²) in [6.45, 7) is 3.70. The van der Waals surface area contributed by atoms with E-state index in [0.29, 0.717) is 28.3 Å². The van der Waals surface area contributed by atoms with E-state index in [4.69, 9.17) is 4.74 Å². The van der Waals surface area contributed by atoms with Gasteiger partial charge in [-0.25, -0.2) is 5.43 Å². The van der Waals surface area contributed by atoms with E-state index in [1.165, 1.54) is 0 Å². The van der Waals surface area contributed by atoms with Crippen LogP contribution in [-0.4, -0.2) is 24.6 Å². The average molecular weight is 401 g/mol. The van der Waals surface area contributed by atoms with Crippen LogP contribution in [0.2, 0.25) is 0 Å². The summed E-state index contributed by atoms with van der Waals surface area (Å²) < 4.78 is 5.13. The van der Waals surface area contributed by atoms with Gasteiger partial charge in [0.2, 0.25) is 0 Å². The van der Waals surface area contributed by atoms with Crippen molar-refractivity contribution in [3.8, 4) is 5.75 Å². The summed E-state index contributed by atoms with van der Waals surface area (Å²) in [5, 5.41) is 7.05. The Balaban J connectivity index is 1.64. The van der Waals surface area contributed by atoms with E-state index >= 15 is 0 Å². The van der Waals surface area contributed by atoms with E-state index in [1.54, 1.807) is 56.5 Å². The minimum atomic E-state index is -0.324. The molecular weight excluding hydrogens is 378 g/mol. The molecule has 3 aromatic carbocycles. The molecule has 6 heteroatoms. The second-order valence-corrected chi connectivity index (χ2v) is 6.72. The number of amides is 2. The zero-order chi connectivity index (χ0) is 21.5. The molecule has 0 aliphatic rings. The van der Waals surface area contributed by atoms with Crippen LogP contribution in [0.25, 0.3) is 0 Å². The van der Waals surface area contributed by atoms with Gasteiger partial charge in [-0.05, 0) is 61.4 Å². The number of hydrogen-bond acceptors (Lipinski definition) is 4. The number of carbonyl (C=O) groups excluding carboxylic acids is 2. The highest BCUT2D eigenvalue weighted by molar-refractivity contribution is 6.06. The minimum Gasteiger partial charge on any atom is -0.497 e. The zero-order valence-electron chi connectivity index (χ0n) is 17.1. The summed E-state index contributed by atoms with van der Waals surface area (Å²) in [7, 11) is 1.55. The van der Waals surface area contributed by atoms with Crippen molar-refractivity contribution in [2.45, 2.75) is 13.8 Å². The lowest BCUT2D eigenvalue weighted by Gasteiger charge is -2.09. The maximum absolute atomic E-state index is 12.4. The van der Waals surface area contributed by atoms with E-state index in [1.807, 2.05) is 37.3 Å². The fourth-order valence-corrected chi connectivity index (χ4v) is 2.85. The van der Waals surface area contributed by atoms with Crippen LogP contribution >= 0.6 is 0 Å². The smallest absolute Gasteiger partial charge is 0.271 e. The predicted molar refractivity (Wildman–Crippen MR) is 118 cm³/mol. The van der Waals surface area contributed by atoms with Gasteiger partial charge >= 0.3 is 0 Å². The van der Waals surface area contributed by atoms with Gasteiger partial charge in [-0.15, -0.1) is 0 Å². The van der Waals surface area contributed by atoms with Crippen LogP contribution in [0.4, 0.5) is 5.69 Å². The Kier molecular flexibility index (Phi) is 6.60. The van der Waals surface area contributed by atoms with E-state index < -0.39 is 0 Å². The first kappa shape index (κ1) is 20.8. The highest BCUT2D eigenvalue weighted by atomic mass is 16.5. The van der Waals surface area contributed by atoms with Crippen LogP contribution in [0.1, 0.15) is 38.8 Å². The van der Waals surface area contributed by atoms with Crippen molar-refractivity contribution >= 4 is 23.2 Å². The molecule has 3 aromatic rings. The van der Waals surface area contributed by atoms with Crippen LogP contribution in [0, 0.1) is 6.92 Å². The Bertz CT molecular complexity index is 1090. The summed E-state index contributed by atoms with van der Waals surface area (Å²) in [6, 6.07) is 21.6. The summed E-state index contributed by atoms with van der Waals surface area (Å²) in [5.74, 6) is 0.124. The first-order valence-electron chi connectivity index (χ1n) is 9.44. The van der Waals surface area contributed by atoms with Crippen LogP contribution < -0.4 is 15.5 Å². The SMILES string of the molecule is COc1cccc(C(=O)N/N=C(\C)c2ccc(NC(=O)c3ccccc3C)cc2)c1. The number of rotatable bonds is 6. The molecule has 0 aromatic heterocycles. The van der Waals surface area contributed by atoms with E-state index in [2.05, 4.69) is 15.8 Å². The molecule has 0 fully saturated rings. The largest absolute Gasteiger partial charge is 0.497 e. The number of carbonyl (C=O) groups is 2. The van der Waals surface area contributed by atoms with Crippen molar-refractivity contribution in [1.82, 2.24) is 5.43 Å². The first-order chi connectivity index (χ1) is 14.5. The third-order valence-corrected chi connectivity index (χ3v) is 4.61. The first-order valence-corrected chi connectivity index (χ1v) is 9.44. The molecule has 0 saturated heterocycles. The van der Waals surface area contributed by atoms with Crippen LogP contribution in [0.15, 0.2) is 77.9 Å². The predicted octanol–water partition coefficient (Wildman–Crippen LogP) is 4.41. The fraction of sp³-hybridized carbons (Fsp3) is 0.125. The highest BCUT2D eigenvalue weighted by Gasteiger charge is 2.09. The maximum atomic E-state index is 12.4. The quantitative estimate of drug-likeness (QED) is 0.474. The molecule has 2 amide bonds. The van der Waals surface area contributed by atoms with E-state index in [9.17, 15) is 9.59 Å². The molecule has 152 valence electrons. The molecule has 30 heavy (non-hydrogen) atoms. The van der Waals surface area contributed by atoms with Gasteiger partial charge in [-0.1, -0.05) is 36.4 Å². The monoisotopic (exact) mass is 401 g/mol.